The van der Waals surface area contributed by atoms with Crippen molar-refractivity contribution >= 4 is 21.8 Å². The minimum atomic E-state index is 0.797. The molecule has 1 aliphatic carbocycles. The van der Waals surface area contributed by atoms with Gasteiger partial charge < -0.3 is 4.98 Å². The Kier molecular flexibility index (Phi) is 1.71. The molecule has 0 bridgehead atoms. The summed E-state index contributed by atoms with van der Waals surface area (Å²) in [6.07, 6.45) is 2.71. The Morgan fingerprint density at radius 1 is 1.06 bits per heavy atom. The molecule has 3 aromatic rings. The van der Waals surface area contributed by atoms with Crippen LogP contribution in [0.4, 0.5) is 0 Å². The molecule has 2 aromatic carbocycles. The van der Waals surface area contributed by atoms with Crippen LogP contribution in [0.15, 0.2) is 36.4 Å². The van der Waals surface area contributed by atoms with Crippen molar-refractivity contribution < 1.29 is 0 Å². The normalized spacial score (nSPS) is 15.8. The third-order valence-electron chi connectivity index (χ3n) is 3.92. The summed E-state index contributed by atoms with van der Waals surface area (Å²) in [5, 5.41) is 2.78. The maximum Gasteiger partial charge on any atom is 0.0502 e. The van der Waals surface area contributed by atoms with Crippen molar-refractivity contribution in [3.8, 4) is 0 Å². The molecule has 0 amide bonds. The Morgan fingerprint density at radius 2 is 1.88 bits per heavy atom. The minimum absolute atomic E-state index is 0.797. The van der Waals surface area contributed by atoms with E-state index in [0.29, 0.717) is 0 Å². The van der Waals surface area contributed by atoms with Crippen LogP contribution in [0, 0.1) is 6.92 Å². The van der Waals surface area contributed by atoms with Gasteiger partial charge in [-0.15, -0.1) is 0 Å². The molecule has 0 saturated heterocycles. The zero-order valence-electron chi connectivity index (χ0n) is 9.96. The molecule has 1 nitrogen and oxygen atoms in total. The van der Waals surface area contributed by atoms with Crippen LogP contribution in [-0.4, -0.2) is 4.98 Å². The number of nitrogens with one attached hydrogen (secondary N) is 1. The molecule has 1 saturated carbocycles. The number of aromatic amines is 1. The number of benzene rings is 2. The Morgan fingerprint density at radius 3 is 2.71 bits per heavy atom. The molecule has 4 rings (SSSR count). The summed E-state index contributed by atoms with van der Waals surface area (Å²) in [7, 11) is 0. The van der Waals surface area contributed by atoms with Crippen LogP contribution < -0.4 is 0 Å². The fourth-order valence-corrected chi connectivity index (χ4v) is 2.88. The number of fused-ring (bicyclic) bond motifs is 3. The van der Waals surface area contributed by atoms with Gasteiger partial charge in [-0.25, -0.2) is 0 Å². The first-order chi connectivity index (χ1) is 8.34. The standard InChI is InChI=1S/C16H15N/c1-10-6-9-12(11-7-8-11)16-15(10)13-4-2-3-5-14(13)17-16/h2-6,9,11,17H,7-8H2,1H3. The number of aryl methyl sites for hydroxylation is 1. The summed E-state index contributed by atoms with van der Waals surface area (Å²) in [4.78, 5) is 3.61. The second kappa shape index (κ2) is 3.13. The van der Waals surface area contributed by atoms with E-state index in [9.17, 15) is 0 Å². The van der Waals surface area contributed by atoms with Gasteiger partial charge in [0, 0.05) is 16.3 Å². The molecule has 1 heterocycles. The zero-order chi connectivity index (χ0) is 11.4. The predicted molar refractivity (Wildman–Crippen MR) is 72.5 cm³/mol. The molecule has 84 valence electrons. The van der Waals surface area contributed by atoms with E-state index in [4.69, 9.17) is 0 Å². The van der Waals surface area contributed by atoms with E-state index >= 15 is 0 Å². The van der Waals surface area contributed by atoms with Crippen LogP contribution in [-0.2, 0) is 0 Å². The second-order valence-corrected chi connectivity index (χ2v) is 5.17. The van der Waals surface area contributed by atoms with Crippen molar-refractivity contribution in [1.29, 1.82) is 0 Å². The van der Waals surface area contributed by atoms with Crippen LogP contribution in [0.1, 0.15) is 29.9 Å². The van der Waals surface area contributed by atoms with Crippen LogP contribution in [0.3, 0.4) is 0 Å². The molecule has 1 heteroatoms. The number of aromatic nitrogens is 1. The monoisotopic (exact) mass is 221 g/mol. The number of para-hydroxylation sites is 1. The van der Waals surface area contributed by atoms with E-state index < -0.39 is 0 Å². The Balaban J connectivity index is 2.21. The van der Waals surface area contributed by atoms with Gasteiger partial charge in [0.1, 0.15) is 0 Å². The molecule has 1 N–H and O–H groups in total. The average molecular weight is 221 g/mol. The average Bonchev–Trinajstić information content (AvgIpc) is 3.09. The molecule has 0 atom stereocenters. The predicted octanol–water partition coefficient (Wildman–Crippen LogP) is 4.51. The van der Waals surface area contributed by atoms with Crippen LogP contribution >= 0.6 is 0 Å². The van der Waals surface area contributed by atoms with Crippen molar-refractivity contribution in [1.82, 2.24) is 4.98 Å². The molecular weight excluding hydrogens is 206 g/mol. The van der Waals surface area contributed by atoms with E-state index in [1.54, 1.807) is 0 Å². The molecule has 0 radical (unpaired) electrons. The molecule has 17 heavy (non-hydrogen) atoms. The van der Waals surface area contributed by atoms with Crippen LogP contribution in [0.2, 0.25) is 0 Å². The van der Waals surface area contributed by atoms with E-state index in [-0.39, 0.29) is 0 Å². The summed E-state index contributed by atoms with van der Waals surface area (Å²) in [5.41, 5.74) is 5.52. The third kappa shape index (κ3) is 1.25. The Labute approximate surface area is 100 Å². The summed E-state index contributed by atoms with van der Waals surface area (Å²) < 4.78 is 0. The second-order valence-electron chi connectivity index (χ2n) is 5.17. The molecule has 1 aromatic heterocycles. The van der Waals surface area contributed by atoms with E-state index in [2.05, 4.69) is 48.3 Å². The van der Waals surface area contributed by atoms with Gasteiger partial charge in [0.2, 0.25) is 0 Å². The quantitative estimate of drug-likeness (QED) is 0.622. The summed E-state index contributed by atoms with van der Waals surface area (Å²) in [5.74, 6) is 0.797. The van der Waals surface area contributed by atoms with Gasteiger partial charge in [0.25, 0.3) is 0 Å². The molecule has 0 unspecified atom stereocenters. The summed E-state index contributed by atoms with van der Waals surface area (Å²) >= 11 is 0. The lowest BCUT2D eigenvalue weighted by atomic mass is 10.0. The Hall–Kier alpha value is -1.76. The largest absolute Gasteiger partial charge is 0.354 e. The van der Waals surface area contributed by atoms with E-state index in [0.717, 1.165) is 5.92 Å². The van der Waals surface area contributed by atoms with Crippen molar-refractivity contribution in [3.05, 3.63) is 47.5 Å². The van der Waals surface area contributed by atoms with Crippen molar-refractivity contribution in [2.75, 3.05) is 0 Å². The number of hydrogen-bond acceptors (Lipinski definition) is 0. The first-order valence-electron chi connectivity index (χ1n) is 6.34. The van der Waals surface area contributed by atoms with Crippen molar-refractivity contribution in [3.63, 3.8) is 0 Å². The zero-order valence-corrected chi connectivity index (χ0v) is 9.96. The van der Waals surface area contributed by atoms with E-state index in [1.165, 1.54) is 45.8 Å². The lowest BCUT2D eigenvalue weighted by molar-refractivity contribution is 1.14. The van der Waals surface area contributed by atoms with Crippen molar-refractivity contribution in [2.24, 2.45) is 0 Å². The minimum Gasteiger partial charge on any atom is -0.354 e. The number of H-pyrrole nitrogens is 1. The number of rotatable bonds is 1. The van der Waals surface area contributed by atoms with Gasteiger partial charge in [-0.3, -0.25) is 0 Å². The first kappa shape index (κ1) is 9.29. The van der Waals surface area contributed by atoms with Gasteiger partial charge in [-0.05, 0) is 42.9 Å². The molecule has 0 spiro atoms. The lowest BCUT2D eigenvalue weighted by Gasteiger charge is -2.03. The van der Waals surface area contributed by atoms with E-state index in [1.807, 2.05) is 0 Å². The maximum atomic E-state index is 3.61. The first-order valence-corrected chi connectivity index (χ1v) is 6.34. The van der Waals surface area contributed by atoms with Crippen LogP contribution in [0.5, 0.6) is 0 Å². The van der Waals surface area contributed by atoms with Gasteiger partial charge in [0.15, 0.2) is 0 Å². The smallest absolute Gasteiger partial charge is 0.0502 e. The van der Waals surface area contributed by atoms with Gasteiger partial charge in [0.05, 0.1) is 5.52 Å². The summed E-state index contributed by atoms with van der Waals surface area (Å²) in [6.45, 7) is 2.21. The highest BCUT2D eigenvalue weighted by atomic mass is 14.7. The highest BCUT2D eigenvalue weighted by Gasteiger charge is 2.26. The fraction of sp³-hybridized carbons (Fsp3) is 0.250. The third-order valence-corrected chi connectivity index (χ3v) is 3.92. The van der Waals surface area contributed by atoms with Crippen molar-refractivity contribution in [2.45, 2.75) is 25.7 Å². The highest BCUT2D eigenvalue weighted by molar-refractivity contribution is 6.10. The van der Waals surface area contributed by atoms with Crippen LogP contribution in [0.25, 0.3) is 21.8 Å². The fourth-order valence-electron chi connectivity index (χ4n) is 2.88. The number of hydrogen-bond donors (Lipinski definition) is 1. The molecule has 1 aliphatic rings. The lowest BCUT2D eigenvalue weighted by Crippen LogP contribution is -1.84. The highest BCUT2D eigenvalue weighted by Crippen LogP contribution is 2.44. The van der Waals surface area contributed by atoms with Gasteiger partial charge in [-0.1, -0.05) is 30.3 Å². The molecule has 0 aliphatic heterocycles. The topological polar surface area (TPSA) is 15.8 Å². The van der Waals surface area contributed by atoms with Gasteiger partial charge >= 0.3 is 0 Å². The maximum absolute atomic E-state index is 3.61. The summed E-state index contributed by atoms with van der Waals surface area (Å²) in [6, 6.07) is 13.2. The molecule has 1 fully saturated rings. The SMILES string of the molecule is Cc1ccc(C2CC2)c2[nH]c3ccccc3c12. The Bertz CT molecular complexity index is 717. The van der Waals surface area contributed by atoms with Gasteiger partial charge in [-0.2, -0.15) is 0 Å². The molecular formula is C16H15N.